The second-order valence-electron chi connectivity index (χ2n) is 5.77. The number of Topliss-reactive ketones (excluding diaryl/α,β-unsaturated/α-hetero) is 1. The van der Waals surface area contributed by atoms with Gasteiger partial charge in [-0.1, -0.05) is 11.6 Å². The fraction of sp³-hybridized carbons (Fsp3) is 0.235. The number of hydrogen-bond donors (Lipinski definition) is 0. The molecule has 1 saturated carbocycles. The summed E-state index contributed by atoms with van der Waals surface area (Å²) >= 11 is 5.83. The van der Waals surface area contributed by atoms with E-state index in [1.54, 1.807) is 41.0 Å². The van der Waals surface area contributed by atoms with Crippen LogP contribution in [0.4, 0.5) is 0 Å². The lowest BCUT2D eigenvalue weighted by Crippen LogP contribution is -2.27. The first-order chi connectivity index (χ1) is 11.6. The summed E-state index contributed by atoms with van der Waals surface area (Å²) in [5, 5.41) is 4.88. The van der Waals surface area contributed by atoms with Crippen LogP contribution in [0.25, 0.3) is 11.6 Å². The van der Waals surface area contributed by atoms with Gasteiger partial charge in [0.25, 0.3) is 0 Å². The van der Waals surface area contributed by atoms with Crippen LogP contribution < -0.4 is 5.69 Å². The van der Waals surface area contributed by atoms with E-state index in [0.29, 0.717) is 22.2 Å². The van der Waals surface area contributed by atoms with Crippen molar-refractivity contribution in [1.29, 1.82) is 0 Å². The fourth-order valence-electron chi connectivity index (χ4n) is 2.62. The van der Waals surface area contributed by atoms with Gasteiger partial charge in [-0.05, 0) is 49.2 Å². The van der Waals surface area contributed by atoms with Gasteiger partial charge >= 0.3 is 5.69 Å². The molecule has 122 valence electrons. The van der Waals surface area contributed by atoms with Crippen LogP contribution >= 0.6 is 11.6 Å². The molecule has 0 atom stereocenters. The largest absolute Gasteiger partial charge is 0.461 e. The van der Waals surface area contributed by atoms with Gasteiger partial charge in [0.05, 0.1) is 6.26 Å². The van der Waals surface area contributed by atoms with E-state index in [9.17, 15) is 9.59 Å². The van der Waals surface area contributed by atoms with E-state index in [2.05, 4.69) is 5.10 Å². The van der Waals surface area contributed by atoms with Crippen LogP contribution in [0.3, 0.4) is 0 Å². The van der Waals surface area contributed by atoms with Gasteiger partial charge in [-0.15, -0.1) is 5.10 Å². The minimum Gasteiger partial charge on any atom is -0.461 e. The van der Waals surface area contributed by atoms with E-state index in [1.165, 1.54) is 10.9 Å². The van der Waals surface area contributed by atoms with E-state index < -0.39 is 0 Å². The summed E-state index contributed by atoms with van der Waals surface area (Å²) in [6.45, 7) is -0.117. The van der Waals surface area contributed by atoms with Gasteiger partial charge in [-0.3, -0.25) is 9.36 Å². The third kappa shape index (κ3) is 2.69. The highest BCUT2D eigenvalue weighted by molar-refractivity contribution is 6.30. The number of nitrogens with zero attached hydrogens (tertiary/aromatic N) is 3. The van der Waals surface area contributed by atoms with Crippen molar-refractivity contribution in [2.24, 2.45) is 0 Å². The number of rotatable bonds is 5. The maximum atomic E-state index is 12.6. The van der Waals surface area contributed by atoms with Gasteiger partial charge in [0.15, 0.2) is 11.5 Å². The van der Waals surface area contributed by atoms with E-state index in [4.69, 9.17) is 16.0 Å². The van der Waals surface area contributed by atoms with Crippen LogP contribution in [0.2, 0.25) is 5.02 Å². The molecular formula is C17H14ClN3O3. The van der Waals surface area contributed by atoms with Gasteiger partial charge in [0.2, 0.25) is 5.82 Å². The molecule has 1 aromatic carbocycles. The number of ketones is 1. The van der Waals surface area contributed by atoms with Crippen molar-refractivity contribution < 1.29 is 9.21 Å². The number of benzene rings is 1. The highest BCUT2D eigenvalue weighted by atomic mass is 35.5. The minimum atomic E-state index is -0.286. The summed E-state index contributed by atoms with van der Waals surface area (Å²) in [6.07, 6.45) is 3.41. The SMILES string of the molecule is O=C(Cn1nc(-c2ccco2)n(C2CC2)c1=O)c1ccc(Cl)cc1. The molecule has 7 heteroatoms. The molecule has 4 rings (SSSR count). The van der Waals surface area contributed by atoms with Crippen LogP contribution in [-0.2, 0) is 6.54 Å². The lowest BCUT2D eigenvalue weighted by atomic mass is 10.1. The van der Waals surface area contributed by atoms with E-state index in [0.717, 1.165) is 12.8 Å². The van der Waals surface area contributed by atoms with Crippen LogP contribution in [0.1, 0.15) is 29.2 Å². The van der Waals surface area contributed by atoms with Crippen LogP contribution in [0.15, 0.2) is 51.9 Å². The van der Waals surface area contributed by atoms with Crippen LogP contribution in [-0.4, -0.2) is 20.1 Å². The monoisotopic (exact) mass is 343 g/mol. The molecule has 1 fully saturated rings. The number of aromatic nitrogens is 3. The third-order valence-corrected chi connectivity index (χ3v) is 4.24. The lowest BCUT2D eigenvalue weighted by molar-refractivity contribution is 0.0966. The van der Waals surface area contributed by atoms with E-state index in [1.807, 2.05) is 0 Å². The molecule has 2 aromatic heterocycles. The second kappa shape index (κ2) is 5.79. The number of carbonyl (C=O) groups excluding carboxylic acids is 1. The molecule has 1 aliphatic rings. The average Bonchev–Trinajstić information content (AvgIpc) is 3.15. The van der Waals surface area contributed by atoms with Gasteiger partial charge in [0.1, 0.15) is 6.54 Å². The Balaban J connectivity index is 1.68. The Hall–Kier alpha value is -2.60. The minimum absolute atomic E-state index is 0.117. The van der Waals surface area contributed by atoms with E-state index >= 15 is 0 Å². The van der Waals surface area contributed by atoms with Gasteiger partial charge in [-0.25, -0.2) is 9.48 Å². The number of halogens is 1. The Morgan fingerprint density at radius 2 is 2.00 bits per heavy atom. The Labute approximate surface area is 142 Å². The smallest absolute Gasteiger partial charge is 0.346 e. The molecule has 0 radical (unpaired) electrons. The number of hydrogen-bond acceptors (Lipinski definition) is 4. The van der Waals surface area contributed by atoms with Crippen molar-refractivity contribution in [1.82, 2.24) is 14.3 Å². The van der Waals surface area contributed by atoms with Crippen LogP contribution in [0.5, 0.6) is 0 Å². The number of carbonyl (C=O) groups is 1. The van der Waals surface area contributed by atoms with Crippen molar-refractivity contribution >= 4 is 17.4 Å². The maximum Gasteiger partial charge on any atom is 0.346 e. The molecule has 0 N–H and O–H groups in total. The molecule has 6 nitrogen and oxygen atoms in total. The molecule has 3 aromatic rings. The highest BCUT2D eigenvalue weighted by Gasteiger charge is 2.31. The quantitative estimate of drug-likeness (QED) is 0.667. The first kappa shape index (κ1) is 15.0. The first-order valence-electron chi connectivity index (χ1n) is 7.65. The average molecular weight is 344 g/mol. The molecule has 0 unspecified atom stereocenters. The maximum absolute atomic E-state index is 12.6. The molecule has 0 bridgehead atoms. The Kier molecular flexibility index (Phi) is 3.61. The zero-order valence-electron chi connectivity index (χ0n) is 12.7. The van der Waals surface area contributed by atoms with Crippen molar-refractivity contribution in [2.45, 2.75) is 25.4 Å². The van der Waals surface area contributed by atoms with Crippen molar-refractivity contribution in [3.8, 4) is 11.6 Å². The zero-order valence-corrected chi connectivity index (χ0v) is 13.4. The van der Waals surface area contributed by atoms with Crippen molar-refractivity contribution in [2.75, 3.05) is 0 Å². The van der Waals surface area contributed by atoms with Crippen molar-refractivity contribution in [3.05, 3.63) is 63.7 Å². The van der Waals surface area contributed by atoms with Crippen LogP contribution in [0, 0.1) is 0 Å². The third-order valence-electron chi connectivity index (χ3n) is 3.98. The first-order valence-corrected chi connectivity index (χ1v) is 8.03. The van der Waals surface area contributed by atoms with Gasteiger partial charge in [-0.2, -0.15) is 0 Å². The molecular weight excluding hydrogens is 330 g/mol. The highest BCUT2D eigenvalue weighted by Crippen LogP contribution is 2.36. The normalized spacial score (nSPS) is 14.0. The Morgan fingerprint density at radius 1 is 1.25 bits per heavy atom. The number of furan rings is 1. The van der Waals surface area contributed by atoms with Crippen molar-refractivity contribution in [3.63, 3.8) is 0 Å². The summed E-state index contributed by atoms with van der Waals surface area (Å²) < 4.78 is 8.19. The zero-order chi connectivity index (χ0) is 16.7. The molecule has 24 heavy (non-hydrogen) atoms. The summed E-state index contributed by atoms with van der Waals surface area (Å²) in [5.41, 5.74) is 0.207. The predicted octanol–water partition coefficient (Wildman–Crippen LogP) is 3.18. The standard InChI is InChI=1S/C17H14ClN3O3/c18-12-5-3-11(4-6-12)14(22)10-20-17(23)21(13-7-8-13)16(19-20)15-2-1-9-24-15/h1-6,9,13H,7-8,10H2. The molecule has 0 aliphatic heterocycles. The lowest BCUT2D eigenvalue weighted by Gasteiger charge is -2.00. The summed E-state index contributed by atoms with van der Waals surface area (Å²) in [6, 6.07) is 10.2. The summed E-state index contributed by atoms with van der Waals surface area (Å²) in [4.78, 5) is 25.0. The molecule has 0 amide bonds. The predicted molar refractivity (Wildman–Crippen MR) is 88.2 cm³/mol. The van der Waals surface area contributed by atoms with Gasteiger partial charge in [0, 0.05) is 16.6 Å². The summed E-state index contributed by atoms with van der Waals surface area (Å²) in [5.74, 6) is 0.799. The Morgan fingerprint density at radius 3 is 2.62 bits per heavy atom. The van der Waals surface area contributed by atoms with Gasteiger partial charge < -0.3 is 4.42 Å². The molecule has 2 heterocycles. The fourth-order valence-corrected chi connectivity index (χ4v) is 2.75. The summed E-state index contributed by atoms with van der Waals surface area (Å²) in [7, 11) is 0. The van der Waals surface area contributed by atoms with E-state index in [-0.39, 0.29) is 24.1 Å². The topological polar surface area (TPSA) is 70.0 Å². The molecule has 0 spiro atoms. The Bertz CT molecular complexity index is 935. The second-order valence-corrected chi connectivity index (χ2v) is 6.21. The molecule has 0 saturated heterocycles. The molecule has 1 aliphatic carbocycles.